The van der Waals surface area contributed by atoms with E-state index < -0.39 is 0 Å². The van der Waals surface area contributed by atoms with Gasteiger partial charge in [-0.2, -0.15) is 0 Å². The lowest BCUT2D eigenvalue weighted by molar-refractivity contribution is 0.171. The lowest BCUT2D eigenvalue weighted by atomic mass is 9.70. The first-order valence-electron chi connectivity index (χ1n) is 32.7. The van der Waals surface area contributed by atoms with Crippen molar-refractivity contribution >= 4 is 0 Å². The molecule has 0 aliphatic carbocycles. The number of rotatable bonds is 61. The van der Waals surface area contributed by atoms with E-state index in [0.717, 1.165) is 0 Å². The molecule has 0 aliphatic heterocycles. The van der Waals surface area contributed by atoms with Crippen LogP contribution in [0, 0.1) is 5.41 Å². The van der Waals surface area contributed by atoms with Crippen LogP contribution in [0.25, 0.3) is 0 Å². The predicted octanol–water partition coefficient (Wildman–Crippen LogP) is 25.8. The fraction of sp³-hybridized carbons (Fsp3) is 1.00. The van der Waals surface area contributed by atoms with Crippen molar-refractivity contribution in [3.63, 3.8) is 0 Å². The summed E-state index contributed by atoms with van der Waals surface area (Å²) in [7, 11) is 0. The first-order chi connectivity index (χ1) is 32.7. The average Bonchev–Trinajstić information content (AvgIpc) is 3.33. The monoisotopic (exact) mass is 927 g/mol. The molecule has 0 radical (unpaired) electrons. The maximum absolute atomic E-state index is 2.34. The van der Waals surface area contributed by atoms with Crippen LogP contribution in [-0.4, -0.2) is 0 Å². The molecular formula is C66H134. The van der Waals surface area contributed by atoms with Crippen LogP contribution >= 0.6 is 0 Å². The number of unbranched alkanes of at least 4 members (excludes halogenated alkanes) is 53. The molecule has 398 valence electrons. The summed E-state index contributed by atoms with van der Waals surface area (Å²) in [5, 5.41) is 0. The maximum atomic E-state index is 2.34. The van der Waals surface area contributed by atoms with Crippen LogP contribution in [0.1, 0.15) is 419 Å². The van der Waals surface area contributed by atoms with Crippen LogP contribution in [0.2, 0.25) is 0 Å². The van der Waals surface area contributed by atoms with Crippen molar-refractivity contribution in [3.05, 3.63) is 0 Å². The van der Waals surface area contributed by atoms with Gasteiger partial charge in [-0.15, -0.1) is 0 Å². The Morgan fingerprint density at radius 3 is 0.318 bits per heavy atom. The topological polar surface area (TPSA) is 0 Å². The van der Waals surface area contributed by atoms with E-state index in [4.69, 9.17) is 0 Å². The lowest BCUT2D eigenvalue weighted by Gasteiger charge is -2.35. The molecule has 0 atom stereocenters. The van der Waals surface area contributed by atoms with Crippen LogP contribution < -0.4 is 0 Å². The fourth-order valence-corrected chi connectivity index (χ4v) is 11.7. The minimum Gasteiger partial charge on any atom is -0.0654 e. The molecule has 0 unspecified atom stereocenters. The van der Waals surface area contributed by atoms with E-state index in [9.17, 15) is 0 Å². The zero-order valence-electron chi connectivity index (χ0n) is 47.6. The summed E-state index contributed by atoms with van der Waals surface area (Å²) < 4.78 is 0. The molecule has 0 aromatic carbocycles. The second kappa shape index (κ2) is 59.3. The van der Waals surface area contributed by atoms with E-state index in [1.165, 1.54) is 366 Å². The molecule has 0 spiro atoms. The molecule has 0 heterocycles. The lowest BCUT2D eigenvalue weighted by Crippen LogP contribution is -2.21. The van der Waals surface area contributed by atoms with Crippen molar-refractivity contribution in [1.29, 1.82) is 0 Å². The Balaban J connectivity index is 4.93. The summed E-state index contributed by atoms with van der Waals surface area (Å²) in [6.45, 7) is 9.34. The maximum Gasteiger partial charge on any atom is -0.0297 e. The standard InChI is InChI=1S/C66H134/c1-5-9-13-17-21-25-29-33-36-37-41-45-49-53-57-61-65-66(62-58-54-50-46-42-38-32-28-24-20-16-12-8-4,63-59-55-51-47-43-39-34-30-26-22-18-14-10-6-2)64-60-56-52-48-44-40-35-31-27-23-19-15-11-7-3/h5-65H2,1-4H3. The summed E-state index contributed by atoms with van der Waals surface area (Å²) in [6.07, 6.45) is 90.8. The highest BCUT2D eigenvalue weighted by molar-refractivity contribution is 4.80. The molecule has 0 N–H and O–H groups in total. The van der Waals surface area contributed by atoms with E-state index in [-0.39, 0.29) is 0 Å². The Labute approximate surface area is 422 Å². The molecule has 0 heteroatoms. The molecule has 0 nitrogen and oxygen atoms in total. The van der Waals surface area contributed by atoms with E-state index in [0.29, 0.717) is 5.41 Å². The highest BCUT2D eigenvalue weighted by Crippen LogP contribution is 2.42. The van der Waals surface area contributed by atoms with E-state index in [1.807, 2.05) is 0 Å². The van der Waals surface area contributed by atoms with Crippen molar-refractivity contribution in [2.45, 2.75) is 419 Å². The molecule has 0 bridgehead atoms. The van der Waals surface area contributed by atoms with E-state index in [1.54, 1.807) is 25.7 Å². The van der Waals surface area contributed by atoms with Crippen molar-refractivity contribution < 1.29 is 0 Å². The van der Waals surface area contributed by atoms with Gasteiger partial charge in [0.2, 0.25) is 0 Å². The molecule has 0 aromatic heterocycles. The van der Waals surface area contributed by atoms with Gasteiger partial charge in [0, 0.05) is 0 Å². The molecule has 0 saturated carbocycles. The molecular weight excluding hydrogens is 793 g/mol. The van der Waals surface area contributed by atoms with Crippen LogP contribution in [0.5, 0.6) is 0 Å². The van der Waals surface area contributed by atoms with Gasteiger partial charge in [-0.05, 0) is 31.1 Å². The van der Waals surface area contributed by atoms with Crippen molar-refractivity contribution in [1.82, 2.24) is 0 Å². The summed E-state index contributed by atoms with van der Waals surface area (Å²) in [5.41, 5.74) is 0.655. The Kier molecular flexibility index (Phi) is 59.3. The Bertz CT molecular complexity index is 779. The molecule has 66 heavy (non-hydrogen) atoms. The van der Waals surface area contributed by atoms with Gasteiger partial charge in [-0.25, -0.2) is 0 Å². The van der Waals surface area contributed by atoms with Gasteiger partial charge in [0.15, 0.2) is 0 Å². The van der Waals surface area contributed by atoms with Gasteiger partial charge >= 0.3 is 0 Å². The first kappa shape index (κ1) is 66.0. The van der Waals surface area contributed by atoms with Crippen LogP contribution in [0.4, 0.5) is 0 Å². The van der Waals surface area contributed by atoms with Gasteiger partial charge in [-0.1, -0.05) is 394 Å². The number of hydrogen-bond acceptors (Lipinski definition) is 0. The summed E-state index contributed by atoms with van der Waals surface area (Å²) in [4.78, 5) is 0. The SMILES string of the molecule is CCCCCCCCCCCCCCCCCCC(CCCCCCCCCCCCCCC)(CCCCCCCCCCCCCCCC)CCCCCCCCCCCCCCCC. The smallest absolute Gasteiger partial charge is 0.0297 e. The van der Waals surface area contributed by atoms with E-state index in [2.05, 4.69) is 27.7 Å². The highest BCUT2D eigenvalue weighted by atomic mass is 14.3. The summed E-state index contributed by atoms with van der Waals surface area (Å²) in [6, 6.07) is 0. The Hall–Kier alpha value is 0. The minimum atomic E-state index is 0.655. The van der Waals surface area contributed by atoms with Gasteiger partial charge in [0.25, 0.3) is 0 Å². The molecule has 0 rings (SSSR count). The quantitative estimate of drug-likeness (QED) is 0.0533. The largest absolute Gasteiger partial charge is 0.0654 e. The molecule has 0 saturated heterocycles. The zero-order chi connectivity index (χ0) is 47.6. The third-order valence-corrected chi connectivity index (χ3v) is 16.5. The normalized spacial score (nSPS) is 12.0. The zero-order valence-corrected chi connectivity index (χ0v) is 47.6. The second-order valence-corrected chi connectivity index (χ2v) is 23.2. The third-order valence-electron chi connectivity index (χ3n) is 16.5. The number of hydrogen-bond donors (Lipinski definition) is 0. The van der Waals surface area contributed by atoms with E-state index >= 15 is 0 Å². The molecule has 0 amide bonds. The molecule has 0 fully saturated rings. The molecule has 0 aromatic rings. The Morgan fingerprint density at radius 1 is 0.121 bits per heavy atom. The van der Waals surface area contributed by atoms with Crippen molar-refractivity contribution in [3.8, 4) is 0 Å². The van der Waals surface area contributed by atoms with Gasteiger partial charge in [-0.3, -0.25) is 0 Å². The molecule has 0 aliphatic rings. The van der Waals surface area contributed by atoms with Crippen molar-refractivity contribution in [2.24, 2.45) is 5.41 Å². The third kappa shape index (κ3) is 53.4. The first-order valence-corrected chi connectivity index (χ1v) is 32.7. The van der Waals surface area contributed by atoms with Crippen LogP contribution in [-0.2, 0) is 0 Å². The van der Waals surface area contributed by atoms with Crippen LogP contribution in [0.3, 0.4) is 0 Å². The average molecular weight is 928 g/mol. The van der Waals surface area contributed by atoms with Crippen molar-refractivity contribution in [2.75, 3.05) is 0 Å². The van der Waals surface area contributed by atoms with Gasteiger partial charge in [0.1, 0.15) is 0 Å². The van der Waals surface area contributed by atoms with Crippen LogP contribution in [0.15, 0.2) is 0 Å². The van der Waals surface area contributed by atoms with Gasteiger partial charge < -0.3 is 0 Å². The predicted molar refractivity (Wildman–Crippen MR) is 307 cm³/mol. The van der Waals surface area contributed by atoms with Gasteiger partial charge in [0.05, 0.1) is 0 Å². The minimum absolute atomic E-state index is 0.655. The second-order valence-electron chi connectivity index (χ2n) is 23.2. The fourth-order valence-electron chi connectivity index (χ4n) is 11.7. The Morgan fingerprint density at radius 2 is 0.212 bits per heavy atom. The highest BCUT2D eigenvalue weighted by Gasteiger charge is 2.28. The summed E-state index contributed by atoms with van der Waals surface area (Å²) >= 11 is 0. The summed E-state index contributed by atoms with van der Waals surface area (Å²) in [5.74, 6) is 0.